The Labute approximate surface area is 148 Å². The van der Waals surface area contributed by atoms with Gasteiger partial charge in [-0.1, -0.05) is 26.0 Å². The third-order valence-corrected chi connectivity index (χ3v) is 6.65. The van der Waals surface area contributed by atoms with Crippen LogP contribution in [0, 0.1) is 0 Å². The van der Waals surface area contributed by atoms with Gasteiger partial charge in [0.2, 0.25) is 10.0 Å². The molecule has 0 atom stereocenters. The second-order valence-electron chi connectivity index (χ2n) is 6.57. The van der Waals surface area contributed by atoms with E-state index < -0.39 is 15.6 Å². The maximum Gasteiger partial charge on any atom is 0.258 e. The van der Waals surface area contributed by atoms with Crippen molar-refractivity contribution in [3.05, 3.63) is 35.9 Å². The van der Waals surface area contributed by atoms with E-state index in [1.807, 2.05) is 13.8 Å². The average Bonchev–Trinajstić information content (AvgIpc) is 2.87. The van der Waals surface area contributed by atoms with Crippen LogP contribution in [0.4, 0.5) is 5.69 Å². The van der Waals surface area contributed by atoms with Gasteiger partial charge in [-0.25, -0.2) is 13.1 Å². The quantitative estimate of drug-likeness (QED) is 0.825. The molecule has 1 aliphatic heterocycles. The van der Waals surface area contributed by atoms with Crippen molar-refractivity contribution in [3.8, 4) is 0 Å². The molecule has 1 aliphatic rings. The number of nitrogens with zero attached hydrogens (tertiary/aromatic N) is 1. The molecular formula is C18H23N3O3S. The normalized spacial score (nSPS) is 14.6. The molecule has 0 saturated carbocycles. The van der Waals surface area contributed by atoms with E-state index in [1.165, 1.54) is 0 Å². The van der Waals surface area contributed by atoms with Crippen LogP contribution in [-0.2, 0) is 10.0 Å². The van der Waals surface area contributed by atoms with E-state index in [9.17, 15) is 13.2 Å². The second kappa shape index (κ2) is 6.09. The molecule has 0 aromatic heterocycles. The molecular weight excluding hydrogens is 338 g/mol. The van der Waals surface area contributed by atoms with Crippen LogP contribution in [0.25, 0.3) is 10.8 Å². The zero-order valence-electron chi connectivity index (χ0n) is 14.7. The summed E-state index contributed by atoms with van der Waals surface area (Å²) in [6.45, 7) is 4.06. The summed E-state index contributed by atoms with van der Waals surface area (Å²) in [5.41, 5.74) is 6.90. The number of anilines is 1. The third kappa shape index (κ3) is 2.82. The lowest BCUT2D eigenvalue weighted by Gasteiger charge is -2.26. The molecule has 3 N–H and O–H groups in total. The molecule has 0 radical (unpaired) electrons. The van der Waals surface area contributed by atoms with Crippen molar-refractivity contribution in [1.82, 2.24) is 4.72 Å². The number of hydrogen-bond acceptors (Lipinski definition) is 4. The molecule has 134 valence electrons. The lowest BCUT2D eigenvalue weighted by Crippen LogP contribution is -2.49. The summed E-state index contributed by atoms with van der Waals surface area (Å²) in [5, 5.41) is 1.23. The van der Waals surface area contributed by atoms with Crippen LogP contribution in [-0.4, -0.2) is 33.5 Å². The summed E-state index contributed by atoms with van der Waals surface area (Å²) >= 11 is 0. The Morgan fingerprint density at radius 1 is 1.16 bits per heavy atom. The fourth-order valence-electron chi connectivity index (χ4n) is 3.16. The van der Waals surface area contributed by atoms with Crippen molar-refractivity contribution in [2.24, 2.45) is 5.73 Å². The number of amides is 1. The molecule has 2 aromatic rings. The van der Waals surface area contributed by atoms with Crippen molar-refractivity contribution in [2.75, 3.05) is 18.5 Å². The largest absolute Gasteiger partial charge is 0.324 e. The summed E-state index contributed by atoms with van der Waals surface area (Å²) in [7, 11) is -2.05. The molecule has 25 heavy (non-hydrogen) atoms. The van der Waals surface area contributed by atoms with Crippen LogP contribution in [0.15, 0.2) is 35.2 Å². The molecule has 0 unspecified atom stereocenters. The maximum atomic E-state index is 12.9. The molecule has 0 aliphatic carbocycles. The highest BCUT2D eigenvalue weighted by Gasteiger charge is 2.31. The molecule has 0 bridgehead atoms. The Kier molecular flexibility index (Phi) is 4.35. The van der Waals surface area contributed by atoms with E-state index in [4.69, 9.17) is 5.73 Å². The maximum absolute atomic E-state index is 12.9. The monoisotopic (exact) mass is 361 g/mol. The first-order chi connectivity index (χ1) is 11.7. The minimum atomic E-state index is -3.74. The molecule has 6 nitrogen and oxygen atoms in total. The molecule has 1 heterocycles. The predicted molar refractivity (Wildman–Crippen MR) is 99.4 cm³/mol. The third-order valence-electron chi connectivity index (χ3n) is 5.19. The fraction of sp³-hybridized carbons (Fsp3) is 0.389. The van der Waals surface area contributed by atoms with Crippen LogP contribution in [0.1, 0.15) is 37.0 Å². The van der Waals surface area contributed by atoms with Gasteiger partial charge in [0.1, 0.15) is 0 Å². The van der Waals surface area contributed by atoms with Crippen molar-refractivity contribution in [1.29, 1.82) is 0 Å². The van der Waals surface area contributed by atoms with Gasteiger partial charge < -0.3 is 10.6 Å². The van der Waals surface area contributed by atoms with Gasteiger partial charge in [-0.15, -0.1) is 0 Å². The fourth-order valence-corrected chi connectivity index (χ4v) is 4.50. The Morgan fingerprint density at radius 2 is 1.84 bits per heavy atom. The van der Waals surface area contributed by atoms with Gasteiger partial charge in [0.15, 0.2) is 0 Å². The predicted octanol–water partition coefficient (Wildman–Crippen LogP) is 2.23. The van der Waals surface area contributed by atoms with E-state index in [2.05, 4.69) is 4.72 Å². The highest BCUT2D eigenvalue weighted by Crippen LogP contribution is 2.39. The van der Waals surface area contributed by atoms with E-state index in [1.54, 1.807) is 42.3 Å². The SMILES string of the molecule is CCC(N)(CC)CNS(=O)(=O)c1ccc2c3c(cccc13)C(=O)N2C. The summed E-state index contributed by atoms with van der Waals surface area (Å²) < 4.78 is 28.4. The molecule has 7 heteroatoms. The molecule has 0 saturated heterocycles. The van der Waals surface area contributed by atoms with Crippen molar-refractivity contribution in [3.63, 3.8) is 0 Å². The lowest BCUT2D eigenvalue weighted by atomic mass is 9.95. The lowest BCUT2D eigenvalue weighted by molar-refractivity contribution is 0.0999. The molecule has 0 fully saturated rings. The summed E-state index contributed by atoms with van der Waals surface area (Å²) in [6.07, 6.45) is 1.35. The number of sulfonamides is 1. The molecule has 3 rings (SSSR count). The smallest absolute Gasteiger partial charge is 0.258 e. The Morgan fingerprint density at radius 3 is 2.48 bits per heavy atom. The average molecular weight is 361 g/mol. The van der Waals surface area contributed by atoms with Crippen LogP contribution in [0.5, 0.6) is 0 Å². The topological polar surface area (TPSA) is 92.5 Å². The highest BCUT2D eigenvalue weighted by atomic mass is 32.2. The molecule has 0 spiro atoms. The highest BCUT2D eigenvalue weighted by molar-refractivity contribution is 7.89. The van der Waals surface area contributed by atoms with Crippen LogP contribution < -0.4 is 15.4 Å². The molecule has 1 amide bonds. The van der Waals surface area contributed by atoms with Gasteiger partial charge in [0.25, 0.3) is 5.91 Å². The Hall–Kier alpha value is -1.96. The summed E-state index contributed by atoms with van der Waals surface area (Å²) in [6, 6.07) is 8.40. The number of nitrogens with two attached hydrogens (primary N) is 1. The van der Waals surface area contributed by atoms with Crippen LogP contribution in [0.2, 0.25) is 0 Å². The number of carbonyl (C=O) groups excluding carboxylic acids is 1. The Bertz CT molecular complexity index is 949. The Balaban J connectivity index is 2.07. The van der Waals surface area contributed by atoms with Gasteiger partial charge in [0.05, 0.1) is 10.6 Å². The number of benzene rings is 2. The van der Waals surface area contributed by atoms with E-state index in [0.717, 1.165) is 5.69 Å². The minimum absolute atomic E-state index is 0.124. The first-order valence-electron chi connectivity index (χ1n) is 8.36. The number of hydrogen-bond donors (Lipinski definition) is 2. The summed E-state index contributed by atoms with van der Waals surface area (Å²) in [4.78, 5) is 14.0. The zero-order chi connectivity index (χ0) is 18.4. The van der Waals surface area contributed by atoms with Gasteiger partial charge in [-0.05, 0) is 31.0 Å². The van der Waals surface area contributed by atoms with Crippen LogP contribution in [0.3, 0.4) is 0 Å². The number of rotatable bonds is 6. The van der Waals surface area contributed by atoms with E-state index in [-0.39, 0.29) is 17.3 Å². The first-order valence-corrected chi connectivity index (χ1v) is 9.85. The number of nitrogens with one attached hydrogen (secondary N) is 1. The van der Waals surface area contributed by atoms with Gasteiger partial charge >= 0.3 is 0 Å². The second-order valence-corrected chi connectivity index (χ2v) is 8.30. The van der Waals surface area contributed by atoms with Crippen molar-refractivity contribution >= 4 is 32.4 Å². The van der Waals surface area contributed by atoms with Crippen molar-refractivity contribution in [2.45, 2.75) is 37.1 Å². The van der Waals surface area contributed by atoms with E-state index in [0.29, 0.717) is 29.2 Å². The van der Waals surface area contributed by atoms with Crippen molar-refractivity contribution < 1.29 is 13.2 Å². The van der Waals surface area contributed by atoms with Gasteiger partial charge in [0, 0.05) is 35.5 Å². The molecule has 2 aromatic carbocycles. The zero-order valence-corrected chi connectivity index (χ0v) is 15.5. The minimum Gasteiger partial charge on any atom is -0.324 e. The van der Waals surface area contributed by atoms with E-state index >= 15 is 0 Å². The number of carbonyl (C=O) groups is 1. The summed E-state index contributed by atoms with van der Waals surface area (Å²) in [5.74, 6) is -0.124. The van der Waals surface area contributed by atoms with Gasteiger partial charge in [-0.2, -0.15) is 0 Å². The van der Waals surface area contributed by atoms with Gasteiger partial charge in [-0.3, -0.25) is 4.79 Å². The van der Waals surface area contributed by atoms with Crippen LogP contribution >= 0.6 is 0 Å². The standard InChI is InChI=1S/C18H23N3O3S/c1-4-18(19,5-2)11-20-25(23,24)15-10-9-14-16-12(15)7-6-8-13(16)17(22)21(14)3/h6-10,20H,4-5,11,19H2,1-3H3. The first kappa shape index (κ1) is 17.8.